The molecule has 3 amide bonds. The maximum atomic E-state index is 12.6. The van der Waals surface area contributed by atoms with Gasteiger partial charge in [0, 0.05) is 37.1 Å². The van der Waals surface area contributed by atoms with Crippen LogP contribution in [0.15, 0.2) is 67.0 Å². The molecule has 4 aromatic rings. The van der Waals surface area contributed by atoms with E-state index in [2.05, 4.69) is 10.3 Å². The first kappa shape index (κ1) is 23.1. The highest BCUT2D eigenvalue weighted by molar-refractivity contribution is 6.21. The number of anilines is 1. The second-order valence-corrected chi connectivity index (χ2v) is 8.46. The lowest BCUT2D eigenvalue weighted by atomic mass is 10.1. The Morgan fingerprint density at radius 1 is 1.00 bits per heavy atom. The highest BCUT2D eigenvalue weighted by atomic mass is 16.5. The summed E-state index contributed by atoms with van der Waals surface area (Å²) in [6, 6.07) is 15.9. The van der Waals surface area contributed by atoms with Gasteiger partial charge in [-0.3, -0.25) is 19.3 Å². The van der Waals surface area contributed by atoms with Gasteiger partial charge in [-0.05, 0) is 43.3 Å². The number of amides is 3. The molecular formula is C27H24N4O5. The minimum absolute atomic E-state index is 0.00930. The maximum absolute atomic E-state index is 12.6. The molecule has 0 bridgehead atoms. The van der Waals surface area contributed by atoms with Crippen molar-refractivity contribution in [3.8, 4) is 11.5 Å². The summed E-state index contributed by atoms with van der Waals surface area (Å²) < 4.78 is 13.2. The molecule has 2 aromatic carbocycles. The van der Waals surface area contributed by atoms with Gasteiger partial charge in [0.05, 0.1) is 23.9 Å². The van der Waals surface area contributed by atoms with Gasteiger partial charge >= 0.3 is 0 Å². The fraction of sp³-hybridized carbons (Fsp3) is 0.185. The summed E-state index contributed by atoms with van der Waals surface area (Å²) in [7, 11) is 1.54. The van der Waals surface area contributed by atoms with Gasteiger partial charge in [-0.1, -0.05) is 17.7 Å². The van der Waals surface area contributed by atoms with Crippen molar-refractivity contribution in [3.63, 3.8) is 0 Å². The molecule has 0 fully saturated rings. The Morgan fingerprint density at radius 2 is 1.83 bits per heavy atom. The molecule has 0 saturated carbocycles. The summed E-state index contributed by atoms with van der Waals surface area (Å²) in [6.45, 7) is 2.07. The van der Waals surface area contributed by atoms with Crippen LogP contribution in [-0.2, 0) is 11.4 Å². The predicted molar refractivity (Wildman–Crippen MR) is 132 cm³/mol. The molecule has 0 radical (unpaired) electrons. The summed E-state index contributed by atoms with van der Waals surface area (Å²) in [5.41, 5.74) is 3.71. The molecule has 0 unspecified atom stereocenters. The number of nitrogens with one attached hydrogen (secondary N) is 1. The number of imide groups is 1. The summed E-state index contributed by atoms with van der Waals surface area (Å²) in [6.07, 6.45) is 3.76. The fourth-order valence-corrected chi connectivity index (χ4v) is 4.12. The molecule has 0 atom stereocenters. The SMILES string of the molecule is COc1ccc(NC(=O)CCN2C(=O)c3ccc(C)cc3C2=O)cc1OCc1cn2ccccc2n1. The van der Waals surface area contributed by atoms with E-state index in [0.29, 0.717) is 28.3 Å². The third-order valence-corrected chi connectivity index (χ3v) is 5.93. The Hall–Kier alpha value is -4.66. The van der Waals surface area contributed by atoms with Gasteiger partial charge in [0.2, 0.25) is 5.91 Å². The minimum atomic E-state index is -0.380. The number of methoxy groups -OCH3 is 1. The van der Waals surface area contributed by atoms with Crippen LogP contribution in [0.3, 0.4) is 0 Å². The van der Waals surface area contributed by atoms with Crippen molar-refractivity contribution in [3.05, 3.63) is 89.4 Å². The summed E-state index contributed by atoms with van der Waals surface area (Å²) in [5.74, 6) is -0.131. The molecule has 2 aromatic heterocycles. The smallest absolute Gasteiger partial charge is 0.261 e. The number of rotatable bonds is 8. The van der Waals surface area contributed by atoms with Crippen LogP contribution in [-0.4, -0.2) is 45.7 Å². The second kappa shape index (κ2) is 9.53. The maximum Gasteiger partial charge on any atom is 0.261 e. The summed E-state index contributed by atoms with van der Waals surface area (Å²) >= 11 is 0. The number of hydrogen-bond acceptors (Lipinski definition) is 6. The number of fused-ring (bicyclic) bond motifs is 2. The van der Waals surface area contributed by atoms with Crippen molar-refractivity contribution in [2.45, 2.75) is 20.0 Å². The van der Waals surface area contributed by atoms with Crippen molar-refractivity contribution < 1.29 is 23.9 Å². The highest BCUT2D eigenvalue weighted by Gasteiger charge is 2.35. The zero-order chi connectivity index (χ0) is 25.2. The van der Waals surface area contributed by atoms with Gasteiger partial charge in [-0.25, -0.2) is 4.98 Å². The van der Waals surface area contributed by atoms with E-state index in [1.807, 2.05) is 41.9 Å². The molecule has 1 aliphatic heterocycles. The van der Waals surface area contributed by atoms with Crippen LogP contribution >= 0.6 is 0 Å². The standard InChI is InChI=1S/C27H24N4O5/c1-17-6-8-20-21(13-17)27(34)31(26(20)33)12-10-25(32)29-18-7-9-22(35-2)23(14-18)36-16-19-15-30-11-4-3-5-24(30)28-19/h3-9,11,13-15H,10,12,16H2,1-2H3,(H,29,32). The van der Waals surface area contributed by atoms with Crippen molar-refractivity contribution in [2.24, 2.45) is 0 Å². The lowest BCUT2D eigenvalue weighted by Crippen LogP contribution is -2.32. The largest absolute Gasteiger partial charge is 0.493 e. The van der Waals surface area contributed by atoms with Gasteiger partial charge in [0.1, 0.15) is 12.3 Å². The van der Waals surface area contributed by atoms with Gasteiger partial charge in [-0.2, -0.15) is 0 Å². The first-order valence-electron chi connectivity index (χ1n) is 11.4. The summed E-state index contributed by atoms with van der Waals surface area (Å²) in [5, 5.41) is 2.79. The first-order chi connectivity index (χ1) is 17.4. The zero-order valence-corrected chi connectivity index (χ0v) is 19.9. The molecule has 0 spiro atoms. The van der Waals surface area contributed by atoms with Crippen LogP contribution in [0.4, 0.5) is 5.69 Å². The number of carbonyl (C=O) groups is 3. The quantitative estimate of drug-likeness (QED) is 0.381. The molecule has 182 valence electrons. The zero-order valence-electron chi connectivity index (χ0n) is 19.9. The third-order valence-electron chi connectivity index (χ3n) is 5.93. The number of carbonyl (C=O) groups excluding carboxylic acids is 3. The molecule has 1 aliphatic rings. The second-order valence-electron chi connectivity index (χ2n) is 8.46. The molecule has 9 heteroatoms. The van der Waals surface area contributed by atoms with E-state index in [9.17, 15) is 14.4 Å². The van der Waals surface area contributed by atoms with E-state index in [4.69, 9.17) is 9.47 Å². The van der Waals surface area contributed by atoms with E-state index in [1.165, 1.54) is 7.11 Å². The van der Waals surface area contributed by atoms with Crippen LogP contribution in [0.5, 0.6) is 11.5 Å². The molecular weight excluding hydrogens is 460 g/mol. The lowest BCUT2D eigenvalue weighted by molar-refractivity contribution is -0.116. The van der Waals surface area contributed by atoms with Gasteiger partial charge < -0.3 is 19.2 Å². The average molecular weight is 485 g/mol. The Morgan fingerprint density at radius 3 is 2.64 bits per heavy atom. The average Bonchev–Trinajstić information content (AvgIpc) is 3.39. The Bertz CT molecular complexity index is 1460. The van der Waals surface area contributed by atoms with Gasteiger partial charge in [0.25, 0.3) is 11.8 Å². The number of aryl methyl sites for hydroxylation is 1. The molecule has 5 rings (SSSR count). The number of benzene rings is 2. The predicted octanol–water partition coefficient (Wildman–Crippen LogP) is 3.86. The van der Waals surface area contributed by atoms with Crippen molar-refractivity contribution in [1.82, 2.24) is 14.3 Å². The number of hydrogen-bond donors (Lipinski definition) is 1. The van der Waals surface area contributed by atoms with Crippen molar-refractivity contribution in [1.29, 1.82) is 0 Å². The van der Waals surface area contributed by atoms with Crippen LogP contribution in [0, 0.1) is 6.92 Å². The number of ether oxygens (including phenoxy) is 2. The molecule has 9 nitrogen and oxygen atoms in total. The van der Waals surface area contributed by atoms with Crippen LogP contribution in [0.25, 0.3) is 5.65 Å². The minimum Gasteiger partial charge on any atom is -0.493 e. The third kappa shape index (κ3) is 4.50. The molecule has 3 heterocycles. The van der Waals surface area contributed by atoms with Crippen molar-refractivity contribution >= 4 is 29.1 Å². The monoisotopic (exact) mass is 484 g/mol. The number of imidazole rings is 1. The van der Waals surface area contributed by atoms with Gasteiger partial charge in [0.15, 0.2) is 11.5 Å². The van der Waals surface area contributed by atoms with E-state index in [-0.39, 0.29) is 37.3 Å². The highest BCUT2D eigenvalue weighted by Crippen LogP contribution is 2.31. The van der Waals surface area contributed by atoms with E-state index in [1.54, 1.807) is 36.4 Å². The van der Waals surface area contributed by atoms with Crippen molar-refractivity contribution in [2.75, 3.05) is 19.0 Å². The molecule has 0 aliphatic carbocycles. The number of nitrogens with zero attached hydrogens (tertiary/aromatic N) is 3. The van der Waals surface area contributed by atoms with E-state index < -0.39 is 0 Å². The first-order valence-corrected chi connectivity index (χ1v) is 11.4. The van der Waals surface area contributed by atoms with Crippen LogP contribution in [0.2, 0.25) is 0 Å². The topological polar surface area (TPSA) is 102 Å². The number of pyridine rings is 1. The lowest BCUT2D eigenvalue weighted by Gasteiger charge is -2.15. The Labute approximate surface area is 207 Å². The molecule has 0 saturated heterocycles. The van der Waals surface area contributed by atoms with Crippen LogP contribution in [0.1, 0.15) is 38.4 Å². The Kier molecular flexibility index (Phi) is 6.12. The molecule has 1 N–H and O–H groups in total. The Balaban J connectivity index is 1.21. The number of aromatic nitrogens is 2. The van der Waals surface area contributed by atoms with E-state index >= 15 is 0 Å². The van der Waals surface area contributed by atoms with Gasteiger partial charge in [-0.15, -0.1) is 0 Å². The summed E-state index contributed by atoms with van der Waals surface area (Å²) in [4.78, 5) is 43.5. The molecule has 36 heavy (non-hydrogen) atoms. The fourth-order valence-electron chi connectivity index (χ4n) is 4.12. The normalized spacial score (nSPS) is 12.7. The van der Waals surface area contributed by atoms with E-state index in [0.717, 1.165) is 21.8 Å². The van der Waals surface area contributed by atoms with Crippen LogP contribution < -0.4 is 14.8 Å².